The van der Waals surface area contributed by atoms with E-state index in [1.54, 1.807) is 0 Å². The minimum absolute atomic E-state index is 0.0877. The second kappa shape index (κ2) is 7.92. The van der Waals surface area contributed by atoms with Gasteiger partial charge < -0.3 is 9.84 Å². The van der Waals surface area contributed by atoms with E-state index in [1.807, 2.05) is 0 Å². The number of nitrogens with one attached hydrogen (secondary N) is 1. The van der Waals surface area contributed by atoms with Crippen LogP contribution in [-0.4, -0.2) is 26.7 Å². The highest BCUT2D eigenvalue weighted by atomic mass is 19.1. The first-order valence-corrected chi connectivity index (χ1v) is 9.52. The van der Waals surface area contributed by atoms with Crippen molar-refractivity contribution in [1.82, 2.24) is 20.0 Å². The fourth-order valence-corrected chi connectivity index (χ4v) is 3.65. The Labute approximate surface area is 160 Å². The first-order chi connectivity index (χ1) is 13.6. The number of hydrogen-bond donors (Lipinski definition) is 1. The summed E-state index contributed by atoms with van der Waals surface area (Å²) < 4.78 is 19.6. The van der Waals surface area contributed by atoms with Crippen molar-refractivity contribution in [2.45, 2.75) is 51.1 Å². The smallest absolute Gasteiger partial charge is 0.267 e. The molecule has 4 rings (SSSR count). The Morgan fingerprint density at radius 2 is 1.89 bits per heavy atom. The standard InChI is InChI=1S/C20H21FN4O3/c21-14-9-7-13(8-10-14)18-17-19(28-24-18)22-12-25(20(17)27)11-16(26)23-15-5-3-1-2-4-6-15/h7-10,12,15H,1-6,11H2,(H,23,26). The summed E-state index contributed by atoms with van der Waals surface area (Å²) in [6, 6.07) is 5.76. The molecule has 1 aliphatic carbocycles. The lowest BCUT2D eigenvalue weighted by molar-refractivity contribution is -0.122. The predicted octanol–water partition coefficient (Wildman–Crippen LogP) is 3.03. The molecule has 1 amide bonds. The minimum Gasteiger partial charge on any atom is -0.352 e. The highest BCUT2D eigenvalue weighted by molar-refractivity contribution is 5.88. The highest BCUT2D eigenvalue weighted by Crippen LogP contribution is 2.24. The van der Waals surface area contributed by atoms with Gasteiger partial charge in [0.1, 0.15) is 29.8 Å². The van der Waals surface area contributed by atoms with E-state index in [1.165, 1.54) is 48.0 Å². The molecule has 1 saturated carbocycles. The Kier molecular flexibility index (Phi) is 5.18. The van der Waals surface area contributed by atoms with E-state index >= 15 is 0 Å². The zero-order chi connectivity index (χ0) is 19.5. The molecule has 0 atom stereocenters. The number of carbonyl (C=O) groups is 1. The molecule has 0 radical (unpaired) electrons. The molecule has 146 valence electrons. The molecule has 0 saturated heterocycles. The van der Waals surface area contributed by atoms with Gasteiger partial charge >= 0.3 is 0 Å². The van der Waals surface area contributed by atoms with Crippen LogP contribution in [0.5, 0.6) is 0 Å². The van der Waals surface area contributed by atoms with E-state index in [2.05, 4.69) is 15.5 Å². The third kappa shape index (κ3) is 3.81. The van der Waals surface area contributed by atoms with Crippen LogP contribution in [0.4, 0.5) is 4.39 Å². The van der Waals surface area contributed by atoms with Crippen LogP contribution in [0.3, 0.4) is 0 Å². The fourth-order valence-electron chi connectivity index (χ4n) is 3.65. The number of halogens is 1. The third-order valence-electron chi connectivity index (χ3n) is 5.12. The zero-order valence-electron chi connectivity index (χ0n) is 15.4. The van der Waals surface area contributed by atoms with Gasteiger partial charge in [-0.25, -0.2) is 9.37 Å². The normalized spacial score (nSPS) is 15.5. The maximum absolute atomic E-state index is 13.2. The average molecular weight is 384 g/mol. The maximum atomic E-state index is 13.2. The largest absolute Gasteiger partial charge is 0.352 e. The molecule has 1 N–H and O–H groups in total. The van der Waals surface area contributed by atoms with Crippen LogP contribution in [0, 0.1) is 5.82 Å². The van der Waals surface area contributed by atoms with Crippen molar-refractivity contribution in [2.75, 3.05) is 0 Å². The van der Waals surface area contributed by atoms with Crippen LogP contribution < -0.4 is 10.9 Å². The van der Waals surface area contributed by atoms with Crippen LogP contribution in [-0.2, 0) is 11.3 Å². The van der Waals surface area contributed by atoms with Crippen molar-refractivity contribution in [3.63, 3.8) is 0 Å². The number of rotatable bonds is 4. The van der Waals surface area contributed by atoms with Gasteiger partial charge in [-0.3, -0.25) is 14.2 Å². The summed E-state index contributed by atoms with van der Waals surface area (Å²) in [7, 11) is 0. The molecule has 1 aliphatic rings. The second-order valence-electron chi connectivity index (χ2n) is 7.15. The molecule has 8 heteroatoms. The molecule has 28 heavy (non-hydrogen) atoms. The number of carbonyl (C=O) groups excluding carboxylic acids is 1. The van der Waals surface area contributed by atoms with Gasteiger partial charge in [-0.1, -0.05) is 30.8 Å². The molecule has 0 bridgehead atoms. The number of nitrogens with zero attached hydrogens (tertiary/aromatic N) is 3. The van der Waals surface area contributed by atoms with Gasteiger partial charge in [0.15, 0.2) is 0 Å². The maximum Gasteiger partial charge on any atom is 0.267 e. The first kappa shape index (κ1) is 18.3. The number of benzene rings is 1. The second-order valence-corrected chi connectivity index (χ2v) is 7.15. The molecule has 0 spiro atoms. The van der Waals surface area contributed by atoms with Gasteiger partial charge in [-0.15, -0.1) is 0 Å². The number of amides is 1. The van der Waals surface area contributed by atoms with E-state index in [9.17, 15) is 14.0 Å². The molecule has 2 aromatic heterocycles. The van der Waals surface area contributed by atoms with Gasteiger partial charge in [0, 0.05) is 11.6 Å². The summed E-state index contributed by atoms with van der Waals surface area (Å²) >= 11 is 0. The summed E-state index contributed by atoms with van der Waals surface area (Å²) in [4.78, 5) is 29.4. The SMILES string of the molecule is O=C(Cn1cnc2onc(-c3ccc(F)cc3)c2c1=O)NC1CCCCCC1. The Hall–Kier alpha value is -3.03. The summed E-state index contributed by atoms with van der Waals surface area (Å²) in [6.07, 6.45) is 7.85. The van der Waals surface area contributed by atoms with E-state index in [-0.39, 0.29) is 41.1 Å². The molecular formula is C20H21FN4O3. The molecule has 3 aromatic rings. The van der Waals surface area contributed by atoms with Gasteiger partial charge in [-0.05, 0) is 37.1 Å². The number of fused-ring (bicyclic) bond motifs is 1. The molecule has 0 aliphatic heterocycles. The Bertz CT molecular complexity index is 1030. The molecule has 0 unspecified atom stereocenters. The number of hydrogen-bond acceptors (Lipinski definition) is 5. The lowest BCUT2D eigenvalue weighted by atomic mass is 10.1. The molecule has 7 nitrogen and oxygen atoms in total. The van der Waals surface area contributed by atoms with Crippen molar-refractivity contribution in [3.05, 3.63) is 46.8 Å². The van der Waals surface area contributed by atoms with Gasteiger partial charge in [0.25, 0.3) is 11.3 Å². The Morgan fingerprint density at radius 1 is 1.18 bits per heavy atom. The van der Waals surface area contributed by atoms with Crippen molar-refractivity contribution in [2.24, 2.45) is 0 Å². The summed E-state index contributed by atoms with van der Waals surface area (Å²) in [5.74, 6) is -0.600. The van der Waals surface area contributed by atoms with Crippen LogP contribution in [0.25, 0.3) is 22.4 Å². The van der Waals surface area contributed by atoms with Gasteiger partial charge in [-0.2, -0.15) is 0 Å². The van der Waals surface area contributed by atoms with Crippen LogP contribution in [0.15, 0.2) is 39.9 Å². The van der Waals surface area contributed by atoms with Crippen molar-refractivity contribution >= 4 is 17.0 Å². The lowest BCUT2D eigenvalue weighted by Crippen LogP contribution is -2.38. The summed E-state index contributed by atoms with van der Waals surface area (Å²) in [6.45, 7) is -0.119. The van der Waals surface area contributed by atoms with Gasteiger partial charge in [0.2, 0.25) is 5.91 Å². The van der Waals surface area contributed by atoms with Crippen molar-refractivity contribution in [3.8, 4) is 11.3 Å². The first-order valence-electron chi connectivity index (χ1n) is 9.52. The zero-order valence-corrected chi connectivity index (χ0v) is 15.4. The van der Waals surface area contributed by atoms with Crippen molar-refractivity contribution < 1.29 is 13.7 Å². The minimum atomic E-state index is -0.415. The molecular weight excluding hydrogens is 363 g/mol. The van der Waals surface area contributed by atoms with E-state index in [0.29, 0.717) is 5.56 Å². The lowest BCUT2D eigenvalue weighted by Gasteiger charge is -2.16. The predicted molar refractivity (Wildman–Crippen MR) is 101 cm³/mol. The molecule has 1 fully saturated rings. The van der Waals surface area contributed by atoms with Crippen molar-refractivity contribution in [1.29, 1.82) is 0 Å². The quantitative estimate of drug-likeness (QED) is 0.699. The van der Waals surface area contributed by atoms with E-state index < -0.39 is 5.56 Å². The van der Waals surface area contributed by atoms with Crippen LogP contribution >= 0.6 is 0 Å². The topological polar surface area (TPSA) is 90.0 Å². The number of aromatic nitrogens is 3. The monoisotopic (exact) mass is 384 g/mol. The summed E-state index contributed by atoms with van der Waals surface area (Å²) in [5, 5.41) is 7.11. The highest BCUT2D eigenvalue weighted by Gasteiger charge is 2.19. The third-order valence-corrected chi connectivity index (χ3v) is 5.12. The Balaban J connectivity index is 1.58. The van der Waals surface area contributed by atoms with E-state index in [4.69, 9.17) is 4.52 Å². The fraction of sp³-hybridized carbons (Fsp3) is 0.400. The van der Waals surface area contributed by atoms with Crippen LogP contribution in [0.1, 0.15) is 38.5 Å². The summed E-state index contributed by atoms with van der Waals surface area (Å²) in [5.41, 5.74) is 0.497. The van der Waals surface area contributed by atoms with Crippen LogP contribution in [0.2, 0.25) is 0 Å². The average Bonchev–Trinajstić information content (AvgIpc) is 2.95. The van der Waals surface area contributed by atoms with E-state index in [0.717, 1.165) is 25.7 Å². The van der Waals surface area contributed by atoms with Gasteiger partial charge in [0.05, 0.1) is 0 Å². The Morgan fingerprint density at radius 3 is 2.61 bits per heavy atom. The molecule has 1 aromatic carbocycles. The molecule has 2 heterocycles.